The molecule has 1 N–H and O–H groups in total. The Morgan fingerprint density at radius 3 is 2.14 bits per heavy atom. The summed E-state index contributed by atoms with van der Waals surface area (Å²) in [6, 6.07) is -0.558. The molecule has 0 aromatic rings. The van der Waals surface area contributed by atoms with Crippen molar-refractivity contribution < 1.29 is 19.1 Å². The van der Waals surface area contributed by atoms with Crippen LogP contribution in [0.2, 0.25) is 0 Å². The van der Waals surface area contributed by atoms with Crippen molar-refractivity contribution in [1.82, 2.24) is 10.2 Å². The summed E-state index contributed by atoms with van der Waals surface area (Å²) >= 11 is 0. The Morgan fingerprint density at radius 2 is 1.68 bits per heavy atom. The highest BCUT2D eigenvalue weighted by Gasteiger charge is 2.40. The van der Waals surface area contributed by atoms with Crippen LogP contribution >= 0.6 is 0 Å². The van der Waals surface area contributed by atoms with Gasteiger partial charge in [-0.2, -0.15) is 0 Å². The summed E-state index contributed by atoms with van der Waals surface area (Å²) in [7, 11) is 0. The van der Waals surface area contributed by atoms with Gasteiger partial charge in [-0.15, -0.1) is 13.2 Å². The molecule has 0 saturated carbocycles. The van der Waals surface area contributed by atoms with Crippen molar-refractivity contribution in [3.63, 3.8) is 0 Å². The van der Waals surface area contributed by atoms with Gasteiger partial charge in [0.2, 0.25) is 0 Å². The number of hydrogen-bond donors (Lipinski definition) is 1. The van der Waals surface area contributed by atoms with Crippen LogP contribution in [0.25, 0.3) is 0 Å². The molecule has 1 heterocycles. The van der Waals surface area contributed by atoms with E-state index in [0.717, 1.165) is 6.42 Å². The van der Waals surface area contributed by atoms with Gasteiger partial charge >= 0.3 is 12.1 Å². The minimum absolute atomic E-state index is 0.00197. The molecule has 28 heavy (non-hydrogen) atoms. The normalized spacial score (nSPS) is 22.8. The molecule has 4 atom stereocenters. The summed E-state index contributed by atoms with van der Waals surface area (Å²) in [5.41, 5.74) is -1.13. The number of nitrogens with zero attached hydrogens (tertiary/aromatic N) is 1. The van der Waals surface area contributed by atoms with Gasteiger partial charge in [0.05, 0.1) is 6.04 Å². The first-order valence-corrected chi connectivity index (χ1v) is 10.0. The van der Waals surface area contributed by atoms with Gasteiger partial charge in [-0.1, -0.05) is 19.1 Å². The first kappa shape index (κ1) is 24.2. The van der Waals surface area contributed by atoms with Gasteiger partial charge in [-0.3, -0.25) is 9.69 Å². The zero-order valence-electron chi connectivity index (χ0n) is 18.6. The van der Waals surface area contributed by atoms with E-state index in [1.807, 2.05) is 54.5 Å². The molecule has 1 aliphatic heterocycles. The van der Waals surface area contributed by atoms with E-state index in [9.17, 15) is 9.59 Å². The van der Waals surface area contributed by atoms with Gasteiger partial charge in [-0.25, -0.2) is 4.79 Å². The van der Waals surface area contributed by atoms with Crippen molar-refractivity contribution >= 4 is 12.1 Å². The Hall–Kier alpha value is -1.82. The molecule has 1 saturated heterocycles. The molecule has 1 aliphatic rings. The van der Waals surface area contributed by atoms with Gasteiger partial charge in [-0.05, 0) is 60.3 Å². The van der Waals surface area contributed by atoms with Crippen LogP contribution in [0.4, 0.5) is 4.79 Å². The highest BCUT2D eigenvalue weighted by molar-refractivity contribution is 5.76. The summed E-state index contributed by atoms with van der Waals surface area (Å²) in [5.74, 6) is -0.239. The topological polar surface area (TPSA) is 67.9 Å². The van der Waals surface area contributed by atoms with Crippen LogP contribution in [0.15, 0.2) is 25.3 Å². The Bertz CT molecular complexity index is 574. The molecule has 0 spiro atoms. The molecule has 0 aliphatic carbocycles. The Balaban J connectivity index is 2.97. The number of rotatable bonds is 7. The molecule has 0 aromatic heterocycles. The summed E-state index contributed by atoms with van der Waals surface area (Å²) in [6.07, 6.45) is 4.70. The quantitative estimate of drug-likeness (QED) is 0.521. The predicted molar refractivity (Wildman–Crippen MR) is 112 cm³/mol. The number of likely N-dealkylation sites (tertiary alicyclic amines) is 1. The number of carbonyl (C=O) groups excluding carboxylic acids is 2. The summed E-state index contributed by atoms with van der Waals surface area (Å²) in [5, 5.41) is 2.94. The molecule has 1 amide bonds. The molecule has 6 heteroatoms. The lowest BCUT2D eigenvalue weighted by Gasteiger charge is -2.34. The smallest absolute Gasteiger partial charge is 0.407 e. The Kier molecular flexibility index (Phi) is 8.30. The summed E-state index contributed by atoms with van der Waals surface area (Å²) in [4.78, 5) is 27.1. The monoisotopic (exact) mass is 394 g/mol. The van der Waals surface area contributed by atoms with Crippen molar-refractivity contribution in [3.8, 4) is 0 Å². The Morgan fingerprint density at radius 1 is 1.11 bits per heavy atom. The van der Waals surface area contributed by atoms with E-state index in [-0.39, 0.29) is 30.0 Å². The SMILES string of the molecule is C=C[C@@H](C)[C@@H](CN1[C@@H](C=C)CC[C@H]1C(=O)OC(C)(C)C)NC(=O)OC(C)(C)C. The maximum atomic E-state index is 12.7. The van der Waals surface area contributed by atoms with Crippen LogP contribution in [-0.4, -0.2) is 52.8 Å². The van der Waals surface area contributed by atoms with Crippen LogP contribution < -0.4 is 5.32 Å². The summed E-state index contributed by atoms with van der Waals surface area (Å²) < 4.78 is 11.0. The first-order chi connectivity index (χ1) is 12.8. The van der Waals surface area contributed by atoms with Crippen molar-refractivity contribution in [1.29, 1.82) is 0 Å². The van der Waals surface area contributed by atoms with E-state index >= 15 is 0 Å². The summed E-state index contributed by atoms with van der Waals surface area (Å²) in [6.45, 7) is 21.3. The van der Waals surface area contributed by atoms with Crippen LogP contribution in [0.5, 0.6) is 0 Å². The van der Waals surface area contributed by atoms with E-state index < -0.39 is 17.3 Å². The first-order valence-electron chi connectivity index (χ1n) is 10.0. The zero-order chi connectivity index (χ0) is 21.7. The fraction of sp³-hybridized carbons (Fsp3) is 0.727. The second kappa shape index (κ2) is 9.59. The van der Waals surface area contributed by atoms with Crippen molar-refractivity contribution in [2.45, 2.75) is 90.6 Å². The predicted octanol–water partition coefficient (Wildman–Crippen LogP) is 4.06. The molecular weight excluding hydrogens is 356 g/mol. The number of carbonyl (C=O) groups is 2. The number of hydrogen-bond acceptors (Lipinski definition) is 5. The van der Waals surface area contributed by atoms with Crippen LogP contribution in [-0.2, 0) is 14.3 Å². The maximum Gasteiger partial charge on any atom is 0.407 e. The molecule has 1 fully saturated rings. The highest BCUT2D eigenvalue weighted by atomic mass is 16.6. The molecule has 0 bridgehead atoms. The minimum atomic E-state index is -0.581. The van der Waals surface area contributed by atoms with Crippen molar-refractivity contribution in [2.75, 3.05) is 6.54 Å². The third kappa shape index (κ3) is 7.66. The van der Waals surface area contributed by atoms with E-state index in [4.69, 9.17) is 9.47 Å². The van der Waals surface area contributed by atoms with Crippen LogP contribution in [0.3, 0.4) is 0 Å². The van der Waals surface area contributed by atoms with Gasteiger partial charge in [0.15, 0.2) is 0 Å². The second-order valence-electron chi connectivity index (χ2n) is 9.47. The lowest BCUT2D eigenvalue weighted by molar-refractivity contribution is -0.160. The number of ether oxygens (including phenoxy) is 2. The average Bonchev–Trinajstić information content (AvgIpc) is 2.92. The number of alkyl carbamates (subject to hydrolysis) is 1. The van der Waals surface area contributed by atoms with Crippen LogP contribution in [0.1, 0.15) is 61.3 Å². The zero-order valence-corrected chi connectivity index (χ0v) is 18.6. The highest BCUT2D eigenvalue weighted by Crippen LogP contribution is 2.28. The average molecular weight is 395 g/mol. The van der Waals surface area contributed by atoms with Crippen molar-refractivity contribution in [2.24, 2.45) is 5.92 Å². The second-order valence-corrected chi connectivity index (χ2v) is 9.47. The fourth-order valence-electron chi connectivity index (χ4n) is 3.22. The number of nitrogens with one attached hydrogen (secondary N) is 1. The van der Waals surface area contributed by atoms with E-state index in [1.165, 1.54) is 0 Å². The molecule has 6 nitrogen and oxygen atoms in total. The lowest BCUT2D eigenvalue weighted by Crippen LogP contribution is -2.52. The van der Waals surface area contributed by atoms with Gasteiger partial charge in [0.25, 0.3) is 0 Å². The largest absolute Gasteiger partial charge is 0.459 e. The molecule has 0 unspecified atom stereocenters. The van der Waals surface area contributed by atoms with E-state index in [0.29, 0.717) is 13.0 Å². The molecule has 0 radical (unpaired) electrons. The Labute approximate surface area is 170 Å². The number of amides is 1. The minimum Gasteiger partial charge on any atom is -0.459 e. The van der Waals surface area contributed by atoms with Gasteiger partial charge in [0, 0.05) is 12.6 Å². The molecule has 160 valence electrons. The lowest BCUT2D eigenvalue weighted by atomic mass is 10.0. The molecular formula is C22H38N2O4. The van der Waals surface area contributed by atoms with Crippen LogP contribution in [0, 0.1) is 5.92 Å². The van der Waals surface area contributed by atoms with E-state index in [2.05, 4.69) is 23.4 Å². The van der Waals surface area contributed by atoms with Crippen molar-refractivity contribution in [3.05, 3.63) is 25.3 Å². The fourth-order valence-corrected chi connectivity index (χ4v) is 3.22. The maximum absolute atomic E-state index is 12.7. The van der Waals surface area contributed by atoms with E-state index in [1.54, 1.807) is 6.08 Å². The standard InChI is InChI=1S/C22H38N2O4/c1-10-15(3)17(23-20(26)28-22(7,8)9)14-24-16(11-2)12-13-18(24)19(25)27-21(4,5)6/h10-11,15-18H,1-2,12-14H2,3-9H3,(H,23,26)/t15-,16+,17-,18+/m1/s1. The van der Waals surface area contributed by atoms with Gasteiger partial charge in [0.1, 0.15) is 17.2 Å². The van der Waals surface area contributed by atoms with Gasteiger partial charge < -0.3 is 14.8 Å². The number of esters is 1. The molecule has 0 aromatic carbocycles. The molecule has 1 rings (SSSR count). The third-order valence-electron chi connectivity index (χ3n) is 4.63. The third-order valence-corrected chi connectivity index (χ3v) is 4.63.